The number of benzene rings is 1. The van der Waals surface area contributed by atoms with Gasteiger partial charge in [0, 0.05) is 4.83 Å². The maximum Gasteiger partial charge on any atom is 0.159 e. The Kier molecular flexibility index (Phi) is 6.01. The summed E-state index contributed by atoms with van der Waals surface area (Å²) in [5, 5.41) is 0. The fourth-order valence-corrected chi connectivity index (χ4v) is 4.03. The molecule has 1 aliphatic rings. The molecule has 20 heavy (non-hydrogen) atoms. The van der Waals surface area contributed by atoms with Gasteiger partial charge in [-0.15, -0.1) is 0 Å². The standard InChI is InChI=1S/C17H23BrF2/c1-2-3-4-12-5-7-13(8-6-12)17(18)14-9-10-15(19)16(20)11-14/h9-13,17H,2-8H2,1H3. The lowest BCUT2D eigenvalue weighted by Crippen LogP contribution is -2.18. The highest BCUT2D eigenvalue weighted by Crippen LogP contribution is 2.42. The molecule has 1 fully saturated rings. The van der Waals surface area contributed by atoms with Crippen LogP contribution in [-0.2, 0) is 0 Å². The van der Waals surface area contributed by atoms with Crippen LogP contribution in [0.2, 0.25) is 0 Å². The van der Waals surface area contributed by atoms with Crippen molar-refractivity contribution in [2.75, 3.05) is 0 Å². The minimum Gasteiger partial charge on any atom is -0.204 e. The third-order valence-corrected chi connectivity index (χ3v) is 5.81. The van der Waals surface area contributed by atoms with Crippen LogP contribution in [0.5, 0.6) is 0 Å². The maximum atomic E-state index is 13.3. The molecule has 0 N–H and O–H groups in total. The molecular weight excluding hydrogens is 322 g/mol. The van der Waals surface area contributed by atoms with Crippen LogP contribution in [0, 0.1) is 23.5 Å². The van der Waals surface area contributed by atoms with Crippen LogP contribution in [-0.4, -0.2) is 0 Å². The van der Waals surface area contributed by atoms with E-state index in [0.29, 0.717) is 5.92 Å². The topological polar surface area (TPSA) is 0 Å². The van der Waals surface area contributed by atoms with Crippen LogP contribution in [0.25, 0.3) is 0 Å². The van der Waals surface area contributed by atoms with E-state index < -0.39 is 11.6 Å². The Bertz CT molecular complexity index is 425. The zero-order valence-corrected chi connectivity index (χ0v) is 13.6. The number of hydrogen-bond acceptors (Lipinski definition) is 0. The molecule has 0 saturated heterocycles. The predicted octanol–water partition coefficient (Wildman–Crippen LogP) is 6.40. The lowest BCUT2D eigenvalue weighted by Gasteiger charge is -2.31. The third kappa shape index (κ3) is 4.03. The molecule has 1 saturated carbocycles. The van der Waals surface area contributed by atoms with Crippen LogP contribution in [0.4, 0.5) is 8.78 Å². The van der Waals surface area contributed by atoms with Crippen LogP contribution in [0.1, 0.15) is 62.3 Å². The molecule has 1 unspecified atom stereocenters. The van der Waals surface area contributed by atoms with E-state index in [2.05, 4.69) is 22.9 Å². The van der Waals surface area contributed by atoms with E-state index in [1.165, 1.54) is 57.1 Å². The van der Waals surface area contributed by atoms with Gasteiger partial charge in [-0.25, -0.2) is 8.78 Å². The first-order valence-corrected chi connectivity index (χ1v) is 8.62. The van der Waals surface area contributed by atoms with Gasteiger partial charge >= 0.3 is 0 Å². The molecular formula is C17H23BrF2. The minimum absolute atomic E-state index is 0.143. The normalized spacial score (nSPS) is 24.6. The van der Waals surface area contributed by atoms with Crippen molar-refractivity contribution in [1.29, 1.82) is 0 Å². The lowest BCUT2D eigenvalue weighted by molar-refractivity contribution is 0.257. The Morgan fingerprint density at radius 2 is 1.85 bits per heavy atom. The monoisotopic (exact) mass is 344 g/mol. The molecule has 1 atom stereocenters. The number of rotatable bonds is 5. The van der Waals surface area contributed by atoms with Gasteiger partial charge in [0.15, 0.2) is 11.6 Å². The van der Waals surface area contributed by atoms with Crippen molar-refractivity contribution in [3.05, 3.63) is 35.4 Å². The van der Waals surface area contributed by atoms with E-state index in [4.69, 9.17) is 0 Å². The van der Waals surface area contributed by atoms with Gasteiger partial charge in [0.1, 0.15) is 0 Å². The molecule has 1 aliphatic carbocycles. The predicted molar refractivity (Wildman–Crippen MR) is 83.0 cm³/mol. The molecule has 112 valence electrons. The minimum atomic E-state index is -0.767. The molecule has 0 nitrogen and oxygen atoms in total. The van der Waals surface area contributed by atoms with Gasteiger partial charge in [-0.2, -0.15) is 0 Å². The summed E-state index contributed by atoms with van der Waals surface area (Å²) >= 11 is 3.69. The zero-order valence-electron chi connectivity index (χ0n) is 12.0. The summed E-state index contributed by atoms with van der Waals surface area (Å²) in [7, 11) is 0. The van der Waals surface area contributed by atoms with Crippen molar-refractivity contribution >= 4 is 15.9 Å². The van der Waals surface area contributed by atoms with E-state index in [-0.39, 0.29) is 4.83 Å². The quantitative estimate of drug-likeness (QED) is 0.542. The highest BCUT2D eigenvalue weighted by molar-refractivity contribution is 9.09. The van der Waals surface area contributed by atoms with Crippen LogP contribution < -0.4 is 0 Å². The molecule has 0 bridgehead atoms. The number of hydrogen-bond donors (Lipinski definition) is 0. The van der Waals surface area contributed by atoms with E-state index in [1.54, 1.807) is 6.07 Å². The summed E-state index contributed by atoms with van der Waals surface area (Å²) in [6.07, 6.45) is 8.87. The average Bonchev–Trinajstić information content (AvgIpc) is 2.48. The molecule has 0 amide bonds. The molecule has 0 aromatic heterocycles. The Morgan fingerprint density at radius 1 is 1.15 bits per heavy atom. The Morgan fingerprint density at radius 3 is 2.45 bits per heavy atom. The van der Waals surface area contributed by atoms with Gasteiger partial charge in [-0.05, 0) is 42.4 Å². The second-order valence-corrected chi connectivity index (χ2v) is 6.98. The highest BCUT2D eigenvalue weighted by atomic mass is 79.9. The van der Waals surface area contributed by atoms with Crippen molar-refractivity contribution < 1.29 is 8.78 Å². The van der Waals surface area contributed by atoms with Crippen LogP contribution in [0.3, 0.4) is 0 Å². The molecule has 0 aliphatic heterocycles. The van der Waals surface area contributed by atoms with Gasteiger partial charge in [-0.1, -0.05) is 61.0 Å². The van der Waals surface area contributed by atoms with Crippen molar-refractivity contribution in [3.63, 3.8) is 0 Å². The van der Waals surface area contributed by atoms with Gasteiger partial charge < -0.3 is 0 Å². The molecule has 0 radical (unpaired) electrons. The second kappa shape index (κ2) is 7.53. The van der Waals surface area contributed by atoms with Gasteiger partial charge in [-0.3, -0.25) is 0 Å². The van der Waals surface area contributed by atoms with E-state index in [0.717, 1.165) is 11.5 Å². The molecule has 2 rings (SSSR count). The van der Waals surface area contributed by atoms with E-state index in [9.17, 15) is 8.78 Å². The lowest BCUT2D eigenvalue weighted by atomic mass is 9.77. The summed E-state index contributed by atoms with van der Waals surface area (Å²) in [5.41, 5.74) is 0.862. The largest absolute Gasteiger partial charge is 0.204 e. The molecule has 0 spiro atoms. The summed E-state index contributed by atoms with van der Waals surface area (Å²) in [5.74, 6) is -0.103. The average molecular weight is 345 g/mol. The SMILES string of the molecule is CCCCC1CCC(C(Br)c2ccc(F)c(F)c2)CC1. The summed E-state index contributed by atoms with van der Waals surface area (Å²) in [6.45, 7) is 2.24. The number of unbranched alkanes of at least 4 members (excludes halogenated alkanes) is 1. The molecule has 1 aromatic carbocycles. The van der Waals surface area contributed by atoms with E-state index in [1.807, 2.05) is 0 Å². The first-order valence-electron chi connectivity index (χ1n) is 7.70. The fraction of sp³-hybridized carbons (Fsp3) is 0.647. The Hall–Kier alpha value is -0.440. The fourth-order valence-electron chi connectivity index (χ4n) is 3.22. The first-order chi connectivity index (χ1) is 9.61. The van der Waals surface area contributed by atoms with Crippen LogP contribution in [0.15, 0.2) is 18.2 Å². The molecule has 3 heteroatoms. The van der Waals surface area contributed by atoms with Crippen molar-refractivity contribution in [2.45, 2.75) is 56.7 Å². The zero-order chi connectivity index (χ0) is 14.5. The first kappa shape index (κ1) is 15.9. The van der Waals surface area contributed by atoms with E-state index >= 15 is 0 Å². The van der Waals surface area contributed by atoms with Crippen molar-refractivity contribution in [1.82, 2.24) is 0 Å². The summed E-state index contributed by atoms with van der Waals surface area (Å²) in [6, 6.07) is 4.25. The summed E-state index contributed by atoms with van der Waals surface area (Å²) in [4.78, 5) is 0.143. The highest BCUT2D eigenvalue weighted by Gasteiger charge is 2.27. The number of halogens is 3. The second-order valence-electron chi connectivity index (χ2n) is 6.00. The van der Waals surface area contributed by atoms with Crippen LogP contribution >= 0.6 is 15.9 Å². The maximum absolute atomic E-state index is 13.3. The molecule has 1 aromatic rings. The third-order valence-electron chi connectivity index (χ3n) is 4.53. The Labute approximate surface area is 129 Å². The Balaban J connectivity index is 1.91. The smallest absolute Gasteiger partial charge is 0.159 e. The molecule has 0 heterocycles. The van der Waals surface area contributed by atoms with Gasteiger partial charge in [0.2, 0.25) is 0 Å². The van der Waals surface area contributed by atoms with Gasteiger partial charge in [0.25, 0.3) is 0 Å². The van der Waals surface area contributed by atoms with Crippen molar-refractivity contribution in [3.8, 4) is 0 Å². The van der Waals surface area contributed by atoms with Gasteiger partial charge in [0.05, 0.1) is 0 Å². The summed E-state index contributed by atoms with van der Waals surface area (Å²) < 4.78 is 26.3. The number of alkyl halides is 1. The van der Waals surface area contributed by atoms with Crippen molar-refractivity contribution in [2.24, 2.45) is 11.8 Å².